The Morgan fingerprint density at radius 1 is 1.18 bits per heavy atom. The van der Waals surface area contributed by atoms with Gasteiger partial charge in [0, 0.05) is 23.8 Å². The van der Waals surface area contributed by atoms with Crippen molar-refractivity contribution in [3.05, 3.63) is 41.2 Å². The molecule has 0 radical (unpaired) electrons. The molecule has 0 amide bonds. The van der Waals surface area contributed by atoms with Crippen LogP contribution >= 0.6 is 11.6 Å². The lowest BCUT2D eigenvalue weighted by atomic mass is 10.2. The second-order valence-corrected chi connectivity index (χ2v) is 3.98. The normalized spacial score (nSPS) is 10.1. The predicted octanol–water partition coefficient (Wildman–Crippen LogP) is 3.22. The maximum atomic E-state index is 6.05. The first-order chi connectivity index (χ1) is 8.20. The molecule has 1 aromatic heterocycles. The summed E-state index contributed by atoms with van der Waals surface area (Å²) in [6.07, 6.45) is 1.51. The first-order valence-electron chi connectivity index (χ1n) is 5.22. The molecule has 1 heterocycles. The molecule has 0 bridgehead atoms. The Morgan fingerprint density at radius 3 is 2.71 bits per heavy atom. The number of anilines is 3. The molecule has 0 atom stereocenters. The van der Waals surface area contributed by atoms with E-state index in [9.17, 15) is 0 Å². The van der Waals surface area contributed by atoms with E-state index in [0.717, 1.165) is 27.9 Å². The van der Waals surface area contributed by atoms with Crippen LogP contribution in [0, 0.1) is 6.92 Å². The number of halogens is 1. The monoisotopic (exact) mass is 248 g/mol. The van der Waals surface area contributed by atoms with Crippen LogP contribution in [0.5, 0.6) is 0 Å². The van der Waals surface area contributed by atoms with Crippen LogP contribution in [0.25, 0.3) is 0 Å². The van der Waals surface area contributed by atoms with Gasteiger partial charge in [0.05, 0.1) is 0 Å². The smallest absolute Gasteiger partial charge is 0.135 e. The second kappa shape index (κ2) is 5.01. The molecule has 0 aliphatic carbocycles. The van der Waals surface area contributed by atoms with Crippen molar-refractivity contribution in [2.24, 2.45) is 0 Å². The first-order valence-corrected chi connectivity index (χ1v) is 5.60. The highest BCUT2D eigenvalue weighted by atomic mass is 35.5. The molecule has 0 fully saturated rings. The summed E-state index contributed by atoms with van der Waals surface area (Å²) in [7, 11) is 1.82. The van der Waals surface area contributed by atoms with E-state index in [2.05, 4.69) is 20.6 Å². The van der Waals surface area contributed by atoms with E-state index in [-0.39, 0.29) is 0 Å². The Balaban J connectivity index is 2.28. The lowest BCUT2D eigenvalue weighted by Gasteiger charge is -2.10. The Morgan fingerprint density at radius 2 is 1.94 bits per heavy atom. The van der Waals surface area contributed by atoms with E-state index in [0.29, 0.717) is 0 Å². The molecule has 0 aliphatic heterocycles. The molecule has 2 aromatic rings. The number of aromatic nitrogens is 2. The van der Waals surface area contributed by atoms with Crippen molar-refractivity contribution >= 4 is 28.9 Å². The van der Waals surface area contributed by atoms with Gasteiger partial charge in [-0.2, -0.15) is 0 Å². The van der Waals surface area contributed by atoms with E-state index >= 15 is 0 Å². The quantitative estimate of drug-likeness (QED) is 0.876. The van der Waals surface area contributed by atoms with Crippen molar-refractivity contribution in [3.8, 4) is 0 Å². The second-order valence-electron chi connectivity index (χ2n) is 3.58. The van der Waals surface area contributed by atoms with E-state index in [1.807, 2.05) is 38.2 Å². The predicted molar refractivity (Wildman–Crippen MR) is 71.1 cm³/mol. The van der Waals surface area contributed by atoms with Gasteiger partial charge in [-0.25, -0.2) is 9.97 Å². The van der Waals surface area contributed by atoms with Gasteiger partial charge in [-0.1, -0.05) is 17.7 Å². The van der Waals surface area contributed by atoms with Gasteiger partial charge >= 0.3 is 0 Å². The third kappa shape index (κ3) is 2.65. The highest BCUT2D eigenvalue weighted by Gasteiger charge is 2.03. The molecule has 2 N–H and O–H groups in total. The molecule has 17 heavy (non-hydrogen) atoms. The van der Waals surface area contributed by atoms with Crippen LogP contribution in [0.2, 0.25) is 5.02 Å². The Labute approximate surface area is 105 Å². The van der Waals surface area contributed by atoms with Gasteiger partial charge in [-0.3, -0.25) is 0 Å². The van der Waals surface area contributed by atoms with Gasteiger partial charge in [0.25, 0.3) is 0 Å². The van der Waals surface area contributed by atoms with Gasteiger partial charge < -0.3 is 10.6 Å². The van der Waals surface area contributed by atoms with Crippen molar-refractivity contribution in [3.63, 3.8) is 0 Å². The first kappa shape index (κ1) is 11.7. The molecule has 0 saturated heterocycles. The fourth-order valence-electron chi connectivity index (χ4n) is 1.44. The highest BCUT2D eigenvalue weighted by molar-refractivity contribution is 6.31. The molecular weight excluding hydrogens is 236 g/mol. The maximum Gasteiger partial charge on any atom is 0.135 e. The SMILES string of the molecule is CNc1cc(Nc2cccc(Cl)c2C)ncn1. The van der Waals surface area contributed by atoms with Crippen molar-refractivity contribution in [1.82, 2.24) is 9.97 Å². The zero-order valence-corrected chi connectivity index (χ0v) is 10.4. The number of hydrogen-bond donors (Lipinski definition) is 2. The third-order valence-electron chi connectivity index (χ3n) is 2.45. The topological polar surface area (TPSA) is 49.8 Å². The number of nitrogens with one attached hydrogen (secondary N) is 2. The summed E-state index contributed by atoms with van der Waals surface area (Å²) in [5.41, 5.74) is 1.94. The molecular formula is C12H13ClN4. The summed E-state index contributed by atoms with van der Waals surface area (Å²) in [5, 5.41) is 6.91. The minimum atomic E-state index is 0.731. The highest BCUT2D eigenvalue weighted by Crippen LogP contribution is 2.25. The van der Waals surface area contributed by atoms with Gasteiger partial charge in [0.15, 0.2) is 0 Å². The van der Waals surface area contributed by atoms with Gasteiger partial charge in [-0.15, -0.1) is 0 Å². The molecule has 88 valence electrons. The van der Waals surface area contributed by atoms with Crippen molar-refractivity contribution in [2.45, 2.75) is 6.92 Å². The van der Waals surface area contributed by atoms with Crippen LogP contribution in [-0.4, -0.2) is 17.0 Å². The Kier molecular flexibility index (Phi) is 3.44. The van der Waals surface area contributed by atoms with Crippen LogP contribution in [0.3, 0.4) is 0 Å². The molecule has 1 aromatic carbocycles. The number of hydrogen-bond acceptors (Lipinski definition) is 4. The lowest BCUT2D eigenvalue weighted by molar-refractivity contribution is 1.16. The molecule has 0 spiro atoms. The minimum absolute atomic E-state index is 0.731. The van der Waals surface area contributed by atoms with Gasteiger partial charge in [0.2, 0.25) is 0 Å². The van der Waals surface area contributed by atoms with Crippen LogP contribution in [-0.2, 0) is 0 Å². The molecule has 2 rings (SSSR count). The summed E-state index contributed by atoms with van der Waals surface area (Å²) >= 11 is 6.05. The van der Waals surface area contributed by atoms with E-state index in [1.54, 1.807) is 0 Å². The average molecular weight is 249 g/mol. The van der Waals surface area contributed by atoms with Crippen LogP contribution in [0.15, 0.2) is 30.6 Å². The number of rotatable bonds is 3. The molecule has 0 unspecified atom stereocenters. The fraction of sp³-hybridized carbons (Fsp3) is 0.167. The van der Waals surface area contributed by atoms with Gasteiger partial charge in [-0.05, 0) is 24.6 Å². The summed E-state index contributed by atoms with van der Waals surface area (Å²) in [4.78, 5) is 8.20. The Hall–Kier alpha value is -1.81. The Bertz CT molecular complexity index is 528. The van der Waals surface area contributed by atoms with Crippen molar-refractivity contribution in [1.29, 1.82) is 0 Å². The molecule has 0 saturated carbocycles. The van der Waals surface area contributed by atoms with Crippen LogP contribution in [0.4, 0.5) is 17.3 Å². The minimum Gasteiger partial charge on any atom is -0.373 e. The van der Waals surface area contributed by atoms with Crippen LogP contribution in [0.1, 0.15) is 5.56 Å². The third-order valence-corrected chi connectivity index (χ3v) is 2.86. The molecule has 5 heteroatoms. The van der Waals surface area contributed by atoms with E-state index < -0.39 is 0 Å². The fourth-order valence-corrected chi connectivity index (χ4v) is 1.62. The standard InChI is InChI=1S/C12H13ClN4/c1-8-9(13)4-3-5-10(8)17-12-6-11(14-2)15-7-16-12/h3-7H,1-2H3,(H2,14,15,16,17). The zero-order chi connectivity index (χ0) is 12.3. The van der Waals surface area contributed by atoms with E-state index in [1.165, 1.54) is 6.33 Å². The summed E-state index contributed by atoms with van der Waals surface area (Å²) < 4.78 is 0. The average Bonchev–Trinajstić information content (AvgIpc) is 2.35. The summed E-state index contributed by atoms with van der Waals surface area (Å²) in [6.45, 7) is 1.96. The number of nitrogens with zero attached hydrogens (tertiary/aromatic N) is 2. The van der Waals surface area contributed by atoms with Crippen LogP contribution < -0.4 is 10.6 Å². The largest absolute Gasteiger partial charge is 0.373 e. The summed E-state index contributed by atoms with van der Waals surface area (Å²) in [6, 6.07) is 7.56. The number of benzene rings is 1. The van der Waals surface area contributed by atoms with E-state index in [4.69, 9.17) is 11.6 Å². The maximum absolute atomic E-state index is 6.05. The molecule has 0 aliphatic rings. The summed E-state index contributed by atoms with van der Waals surface area (Å²) in [5.74, 6) is 1.50. The lowest BCUT2D eigenvalue weighted by Crippen LogP contribution is -1.99. The van der Waals surface area contributed by atoms with Crippen molar-refractivity contribution < 1.29 is 0 Å². The zero-order valence-electron chi connectivity index (χ0n) is 9.66. The molecule has 4 nitrogen and oxygen atoms in total. The van der Waals surface area contributed by atoms with Gasteiger partial charge in [0.1, 0.15) is 18.0 Å². The van der Waals surface area contributed by atoms with Crippen molar-refractivity contribution in [2.75, 3.05) is 17.7 Å².